The second kappa shape index (κ2) is 5.74. The lowest BCUT2D eigenvalue weighted by Gasteiger charge is -2.13. The van der Waals surface area contributed by atoms with Crippen LogP contribution in [-0.2, 0) is 9.53 Å². The molecule has 0 saturated heterocycles. The lowest BCUT2D eigenvalue weighted by atomic mass is 10.2. The molecule has 0 amide bonds. The van der Waals surface area contributed by atoms with Crippen LogP contribution in [0.5, 0.6) is 0 Å². The highest BCUT2D eigenvalue weighted by atomic mass is 32.1. The van der Waals surface area contributed by atoms with E-state index >= 15 is 0 Å². The van der Waals surface area contributed by atoms with E-state index in [4.69, 9.17) is 20.4 Å². The molecule has 0 saturated carbocycles. The standard InChI is InChI=1S/C6H8O6.CH4S/c7-1-2(8)5-3(9)4(10)6(11)12-5;1-2/h2,5,7-10H,1H2;2H,1H3/t2-,5+;/m0./s1. The van der Waals surface area contributed by atoms with Crippen molar-refractivity contribution in [2.45, 2.75) is 12.2 Å². The largest absolute Gasteiger partial charge is 0.505 e. The molecule has 1 aliphatic heterocycles. The molecular formula is C7H12O6S. The van der Waals surface area contributed by atoms with Crippen molar-refractivity contribution in [3.05, 3.63) is 11.5 Å². The molecule has 2 atom stereocenters. The molecule has 0 radical (unpaired) electrons. The molecule has 1 heterocycles. The maximum absolute atomic E-state index is 10.5. The van der Waals surface area contributed by atoms with E-state index in [2.05, 4.69) is 17.4 Å². The molecule has 1 rings (SSSR count). The molecule has 0 bridgehead atoms. The number of thiol groups is 1. The van der Waals surface area contributed by atoms with Gasteiger partial charge in [-0.05, 0) is 6.26 Å². The van der Waals surface area contributed by atoms with E-state index in [1.54, 1.807) is 6.26 Å². The predicted molar refractivity (Wildman–Crippen MR) is 50.2 cm³/mol. The molecular weight excluding hydrogens is 212 g/mol. The highest BCUT2D eigenvalue weighted by Gasteiger charge is 2.38. The van der Waals surface area contributed by atoms with Gasteiger partial charge in [0.1, 0.15) is 6.10 Å². The van der Waals surface area contributed by atoms with Crippen LogP contribution in [0.1, 0.15) is 0 Å². The summed E-state index contributed by atoms with van der Waals surface area (Å²) in [5, 5.41) is 35.0. The molecule has 7 heteroatoms. The van der Waals surface area contributed by atoms with E-state index in [1.807, 2.05) is 0 Å². The van der Waals surface area contributed by atoms with Crippen molar-refractivity contribution in [3.63, 3.8) is 0 Å². The van der Waals surface area contributed by atoms with Gasteiger partial charge in [-0.2, -0.15) is 12.6 Å². The number of esters is 1. The van der Waals surface area contributed by atoms with Gasteiger partial charge in [0.25, 0.3) is 0 Å². The first-order chi connectivity index (χ1) is 6.57. The Kier molecular flexibility index (Phi) is 5.36. The van der Waals surface area contributed by atoms with Crippen LogP contribution in [0.2, 0.25) is 0 Å². The monoisotopic (exact) mass is 224 g/mol. The quantitative estimate of drug-likeness (QED) is 0.308. The SMILES string of the molecule is CS.O=C1O[C@H]([C@@H](O)CO)C(O)=C1O. The molecule has 0 aromatic heterocycles. The smallest absolute Gasteiger partial charge is 0.377 e. The molecule has 1 aliphatic rings. The summed E-state index contributed by atoms with van der Waals surface area (Å²) in [5.41, 5.74) is 0. The van der Waals surface area contributed by atoms with Crippen LogP contribution in [0, 0.1) is 0 Å². The summed E-state index contributed by atoms with van der Waals surface area (Å²) in [5.74, 6) is -2.78. The fourth-order valence-corrected chi connectivity index (χ4v) is 0.823. The van der Waals surface area contributed by atoms with E-state index < -0.39 is 36.3 Å². The number of aliphatic hydroxyl groups excluding tert-OH is 4. The molecule has 0 fully saturated rings. The van der Waals surface area contributed by atoms with Crippen molar-refractivity contribution in [3.8, 4) is 0 Å². The Bertz CT molecular complexity index is 238. The zero-order chi connectivity index (χ0) is 11.3. The topological polar surface area (TPSA) is 107 Å². The molecule has 4 N–H and O–H groups in total. The maximum Gasteiger partial charge on any atom is 0.377 e. The maximum atomic E-state index is 10.5. The molecule has 0 spiro atoms. The van der Waals surface area contributed by atoms with Crippen molar-refractivity contribution in [1.82, 2.24) is 0 Å². The van der Waals surface area contributed by atoms with Crippen LogP contribution in [0.3, 0.4) is 0 Å². The molecule has 82 valence electrons. The van der Waals surface area contributed by atoms with Crippen LogP contribution in [0.4, 0.5) is 0 Å². The van der Waals surface area contributed by atoms with Crippen LogP contribution < -0.4 is 0 Å². The number of rotatable bonds is 2. The Morgan fingerprint density at radius 3 is 2.29 bits per heavy atom. The van der Waals surface area contributed by atoms with Crippen LogP contribution in [0.15, 0.2) is 11.5 Å². The molecule has 6 nitrogen and oxygen atoms in total. The number of carbonyl (C=O) groups excluding carboxylic acids is 1. The zero-order valence-corrected chi connectivity index (χ0v) is 8.31. The van der Waals surface area contributed by atoms with E-state index in [0.717, 1.165) is 0 Å². The summed E-state index contributed by atoms with van der Waals surface area (Å²) in [6, 6.07) is 0. The highest BCUT2D eigenvalue weighted by Crippen LogP contribution is 2.20. The van der Waals surface area contributed by atoms with Gasteiger partial charge in [-0.25, -0.2) is 4.79 Å². The third-order valence-electron chi connectivity index (χ3n) is 1.48. The summed E-state index contributed by atoms with van der Waals surface area (Å²) in [7, 11) is 0. The predicted octanol–water partition coefficient (Wildman–Crippen LogP) is -0.861. The fraction of sp³-hybridized carbons (Fsp3) is 0.571. The van der Waals surface area contributed by atoms with Crippen LogP contribution in [0.25, 0.3) is 0 Å². The minimum atomic E-state index is -1.42. The van der Waals surface area contributed by atoms with Gasteiger partial charge in [0.05, 0.1) is 6.61 Å². The summed E-state index contributed by atoms with van der Waals surface area (Å²) < 4.78 is 4.32. The van der Waals surface area contributed by atoms with Crippen molar-refractivity contribution in [1.29, 1.82) is 0 Å². The Hall–Kier alpha value is -0.920. The fourth-order valence-electron chi connectivity index (χ4n) is 0.823. The Labute approximate surface area is 85.8 Å². The number of cyclic esters (lactones) is 1. The minimum Gasteiger partial charge on any atom is -0.505 e. The summed E-state index contributed by atoms with van der Waals surface area (Å²) in [4.78, 5) is 10.5. The first kappa shape index (κ1) is 13.1. The van der Waals surface area contributed by atoms with Crippen molar-refractivity contribution < 1.29 is 30.0 Å². The van der Waals surface area contributed by atoms with Gasteiger partial charge in [-0.3, -0.25) is 0 Å². The van der Waals surface area contributed by atoms with Gasteiger partial charge in [0.15, 0.2) is 11.9 Å². The Morgan fingerprint density at radius 1 is 1.50 bits per heavy atom. The molecule has 0 aromatic rings. The molecule has 0 unspecified atom stereocenters. The summed E-state index contributed by atoms with van der Waals surface area (Å²) >= 11 is 3.53. The number of hydrogen-bond acceptors (Lipinski definition) is 7. The van der Waals surface area contributed by atoms with Crippen molar-refractivity contribution >= 4 is 18.6 Å². The van der Waals surface area contributed by atoms with Gasteiger partial charge < -0.3 is 25.2 Å². The highest BCUT2D eigenvalue weighted by molar-refractivity contribution is 7.79. The summed E-state index contributed by atoms with van der Waals surface area (Å²) in [6.45, 7) is -0.671. The molecule has 0 aromatic carbocycles. The Balaban J connectivity index is 0.000000791. The first-order valence-corrected chi connectivity index (χ1v) is 4.54. The number of hydrogen-bond donors (Lipinski definition) is 5. The molecule has 0 aliphatic carbocycles. The van der Waals surface area contributed by atoms with Crippen LogP contribution in [-0.4, -0.2) is 51.5 Å². The van der Waals surface area contributed by atoms with Gasteiger partial charge in [-0.1, -0.05) is 0 Å². The zero-order valence-electron chi connectivity index (χ0n) is 7.41. The second-order valence-electron chi connectivity index (χ2n) is 2.31. The van der Waals surface area contributed by atoms with E-state index in [0.29, 0.717) is 0 Å². The minimum absolute atomic E-state index is 0.671. The van der Waals surface area contributed by atoms with Gasteiger partial charge in [-0.15, -0.1) is 0 Å². The number of carbonyl (C=O) groups is 1. The second-order valence-corrected chi connectivity index (χ2v) is 2.31. The van der Waals surface area contributed by atoms with E-state index in [-0.39, 0.29) is 0 Å². The third kappa shape index (κ3) is 2.53. The Morgan fingerprint density at radius 2 is 2.00 bits per heavy atom. The molecule has 14 heavy (non-hydrogen) atoms. The number of ether oxygens (including phenoxy) is 1. The van der Waals surface area contributed by atoms with Gasteiger partial charge in [0.2, 0.25) is 5.76 Å². The lowest BCUT2D eigenvalue weighted by molar-refractivity contribution is -0.147. The van der Waals surface area contributed by atoms with Crippen molar-refractivity contribution in [2.24, 2.45) is 0 Å². The van der Waals surface area contributed by atoms with E-state index in [9.17, 15) is 4.79 Å². The first-order valence-electron chi connectivity index (χ1n) is 3.64. The van der Waals surface area contributed by atoms with Gasteiger partial charge in [0, 0.05) is 0 Å². The summed E-state index contributed by atoms with van der Waals surface area (Å²) in [6.07, 6.45) is -1.08. The van der Waals surface area contributed by atoms with Crippen LogP contribution >= 0.6 is 12.6 Å². The number of aliphatic hydroxyl groups is 4. The van der Waals surface area contributed by atoms with E-state index in [1.165, 1.54) is 0 Å². The third-order valence-corrected chi connectivity index (χ3v) is 1.48. The normalized spacial score (nSPS) is 22.6. The van der Waals surface area contributed by atoms with Gasteiger partial charge >= 0.3 is 5.97 Å². The average molecular weight is 224 g/mol. The lowest BCUT2D eigenvalue weighted by Crippen LogP contribution is -2.31. The van der Waals surface area contributed by atoms with Crippen molar-refractivity contribution in [2.75, 3.05) is 12.9 Å². The average Bonchev–Trinajstić information content (AvgIpc) is 2.48.